The van der Waals surface area contributed by atoms with Crippen LogP contribution in [0.2, 0.25) is 0 Å². The van der Waals surface area contributed by atoms with Crippen LogP contribution in [0.15, 0.2) is 91.1 Å². The lowest BCUT2D eigenvalue weighted by atomic mass is 10.1. The Morgan fingerprint density at radius 1 is 0.844 bits per heavy atom. The predicted octanol–water partition coefficient (Wildman–Crippen LogP) is 7.30. The normalized spacial score (nSPS) is 11.7. The summed E-state index contributed by atoms with van der Waals surface area (Å²) in [5.74, 6) is 0.669. The molecule has 1 heterocycles. The highest BCUT2D eigenvalue weighted by Gasteiger charge is 2.03. The van der Waals surface area contributed by atoms with E-state index in [-0.39, 0.29) is 5.75 Å². The van der Waals surface area contributed by atoms with Crippen molar-refractivity contribution in [1.29, 1.82) is 0 Å². The predicted molar refractivity (Wildman–Crippen MR) is 134 cm³/mol. The molecule has 0 amide bonds. The van der Waals surface area contributed by atoms with Crippen LogP contribution in [-0.2, 0) is 6.54 Å². The first-order valence-electron chi connectivity index (χ1n) is 11.1. The monoisotopic (exact) mass is 423 g/mol. The second-order valence-corrected chi connectivity index (χ2v) is 7.91. The van der Waals surface area contributed by atoms with E-state index in [2.05, 4.69) is 89.7 Å². The summed E-state index contributed by atoms with van der Waals surface area (Å²) >= 11 is 0. The third-order valence-corrected chi connectivity index (χ3v) is 5.56. The summed E-state index contributed by atoms with van der Waals surface area (Å²) < 4.78 is 7.46. The highest BCUT2D eigenvalue weighted by molar-refractivity contribution is 5.82. The zero-order chi connectivity index (χ0) is 22.2. The van der Waals surface area contributed by atoms with Crippen LogP contribution in [0.3, 0.4) is 0 Å². The van der Waals surface area contributed by atoms with Gasteiger partial charge in [-0.3, -0.25) is 0 Å². The zero-order valence-corrected chi connectivity index (χ0v) is 18.4. The molecule has 3 aromatic carbocycles. The van der Waals surface area contributed by atoms with Crippen molar-refractivity contribution in [2.75, 3.05) is 7.11 Å². The number of ether oxygens (including phenoxy) is 1. The van der Waals surface area contributed by atoms with Gasteiger partial charge in [0, 0.05) is 18.3 Å². The molecule has 0 bridgehead atoms. The molecule has 0 aliphatic heterocycles. The number of nitrogens with zero attached hydrogens (tertiary/aromatic N) is 1. The number of aromatic nitrogens is 1. The van der Waals surface area contributed by atoms with E-state index in [1.165, 1.54) is 22.0 Å². The van der Waals surface area contributed by atoms with Gasteiger partial charge in [0.25, 0.3) is 0 Å². The van der Waals surface area contributed by atoms with Crippen LogP contribution in [-0.4, -0.2) is 16.8 Å². The third kappa shape index (κ3) is 5.50. The summed E-state index contributed by atoms with van der Waals surface area (Å²) in [5.41, 5.74) is 4.84. The summed E-state index contributed by atoms with van der Waals surface area (Å²) in [4.78, 5) is 0. The van der Waals surface area contributed by atoms with Gasteiger partial charge in [-0.25, -0.2) is 0 Å². The van der Waals surface area contributed by atoms with Crippen molar-refractivity contribution in [1.82, 2.24) is 4.57 Å². The molecule has 0 aliphatic rings. The summed E-state index contributed by atoms with van der Waals surface area (Å²) in [6, 6.07) is 24.8. The minimum absolute atomic E-state index is 0.167. The molecule has 0 saturated carbocycles. The standard InChI is InChI=1S/C29H29NO2/c1-32-29-21-24(15-17-28(29)31)11-7-4-2-3-6-10-23-14-16-26-18-19-30(27(26)20-23)22-25-12-8-5-9-13-25/h5-21,31H,2-4,22H2,1H3/b10-6+,11-7+. The Kier molecular flexibility index (Phi) is 7.08. The first kappa shape index (κ1) is 21.5. The zero-order valence-electron chi connectivity index (χ0n) is 18.4. The lowest BCUT2D eigenvalue weighted by Gasteiger charge is -2.06. The second kappa shape index (κ2) is 10.5. The topological polar surface area (TPSA) is 34.4 Å². The van der Waals surface area contributed by atoms with Gasteiger partial charge >= 0.3 is 0 Å². The highest BCUT2D eigenvalue weighted by Crippen LogP contribution is 2.27. The Morgan fingerprint density at radius 3 is 2.31 bits per heavy atom. The van der Waals surface area contributed by atoms with Crippen LogP contribution in [0, 0.1) is 0 Å². The molecule has 1 N–H and O–H groups in total. The number of benzene rings is 3. The van der Waals surface area contributed by atoms with E-state index in [0.717, 1.165) is 31.4 Å². The van der Waals surface area contributed by atoms with E-state index in [9.17, 15) is 5.11 Å². The maximum atomic E-state index is 9.67. The lowest BCUT2D eigenvalue weighted by Crippen LogP contribution is -1.97. The average Bonchev–Trinajstić information content (AvgIpc) is 3.22. The van der Waals surface area contributed by atoms with E-state index in [1.54, 1.807) is 13.2 Å². The first-order valence-corrected chi connectivity index (χ1v) is 11.1. The number of hydrogen-bond donors (Lipinski definition) is 1. The van der Waals surface area contributed by atoms with Crippen molar-refractivity contribution < 1.29 is 9.84 Å². The number of fused-ring (bicyclic) bond motifs is 1. The highest BCUT2D eigenvalue weighted by atomic mass is 16.5. The van der Waals surface area contributed by atoms with Crippen LogP contribution in [0.4, 0.5) is 0 Å². The molecule has 0 spiro atoms. The molecule has 4 aromatic rings. The largest absolute Gasteiger partial charge is 0.504 e. The molecule has 0 saturated heterocycles. The van der Waals surface area contributed by atoms with Crippen LogP contribution >= 0.6 is 0 Å². The lowest BCUT2D eigenvalue weighted by molar-refractivity contribution is 0.373. The molecular weight excluding hydrogens is 394 g/mol. The van der Waals surface area contributed by atoms with Crippen LogP contribution in [0.5, 0.6) is 11.5 Å². The van der Waals surface area contributed by atoms with Gasteiger partial charge in [0.1, 0.15) is 0 Å². The second-order valence-electron chi connectivity index (χ2n) is 7.91. The van der Waals surface area contributed by atoms with Gasteiger partial charge in [-0.1, -0.05) is 72.8 Å². The van der Waals surface area contributed by atoms with Gasteiger partial charge < -0.3 is 14.4 Å². The van der Waals surface area contributed by atoms with Gasteiger partial charge in [-0.2, -0.15) is 0 Å². The van der Waals surface area contributed by atoms with Crippen molar-refractivity contribution in [3.8, 4) is 11.5 Å². The number of unbranched alkanes of at least 4 members (excludes halogenated alkanes) is 2. The fraction of sp³-hybridized carbons (Fsp3) is 0.172. The van der Waals surface area contributed by atoms with E-state index in [4.69, 9.17) is 4.74 Å². The minimum Gasteiger partial charge on any atom is -0.504 e. The van der Waals surface area contributed by atoms with Crippen molar-refractivity contribution in [3.63, 3.8) is 0 Å². The third-order valence-electron chi connectivity index (χ3n) is 5.56. The quantitative estimate of drug-likeness (QED) is 0.287. The van der Waals surface area contributed by atoms with Crippen molar-refractivity contribution >= 4 is 23.1 Å². The molecule has 0 radical (unpaired) electrons. The van der Waals surface area contributed by atoms with Gasteiger partial charge in [-0.15, -0.1) is 0 Å². The van der Waals surface area contributed by atoms with Gasteiger partial charge in [0.2, 0.25) is 0 Å². The van der Waals surface area contributed by atoms with Crippen LogP contribution in [0.25, 0.3) is 23.1 Å². The van der Waals surface area contributed by atoms with Crippen molar-refractivity contribution in [2.24, 2.45) is 0 Å². The Bertz CT molecular complexity index is 1220. The molecule has 4 rings (SSSR count). The summed E-state index contributed by atoms with van der Waals surface area (Å²) in [6.07, 6.45) is 14.0. The van der Waals surface area contributed by atoms with Gasteiger partial charge in [0.05, 0.1) is 7.11 Å². The molecule has 0 aliphatic carbocycles. The maximum absolute atomic E-state index is 9.67. The number of phenolic OH excluding ortho intramolecular Hbond substituents is 1. The number of allylic oxidation sites excluding steroid dienone is 2. The Morgan fingerprint density at radius 2 is 1.56 bits per heavy atom. The molecule has 0 unspecified atom stereocenters. The Balaban J connectivity index is 1.30. The average molecular weight is 424 g/mol. The minimum atomic E-state index is 0.167. The van der Waals surface area contributed by atoms with Crippen LogP contribution < -0.4 is 4.74 Å². The van der Waals surface area contributed by atoms with Crippen molar-refractivity contribution in [3.05, 3.63) is 108 Å². The van der Waals surface area contributed by atoms with E-state index in [0.29, 0.717) is 5.75 Å². The van der Waals surface area contributed by atoms with Crippen LogP contribution in [0.1, 0.15) is 36.0 Å². The SMILES string of the molecule is COc1cc(/C=C/CCC/C=C/c2ccc3ccn(Cc4ccccc4)c3c2)ccc1O. The maximum Gasteiger partial charge on any atom is 0.161 e. The molecular formula is C29H29NO2. The molecule has 162 valence electrons. The van der Waals surface area contributed by atoms with Gasteiger partial charge in [-0.05, 0) is 65.6 Å². The van der Waals surface area contributed by atoms with Gasteiger partial charge in [0.15, 0.2) is 11.5 Å². The Hall–Kier alpha value is -3.72. The van der Waals surface area contributed by atoms with Crippen molar-refractivity contribution in [2.45, 2.75) is 25.8 Å². The smallest absolute Gasteiger partial charge is 0.161 e. The summed E-state index contributed by atoms with van der Waals surface area (Å²) in [5, 5.41) is 10.9. The first-order chi connectivity index (χ1) is 15.7. The molecule has 3 nitrogen and oxygen atoms in total. The fourth-order valence-corrected chi connectivity index (χ4v) is 3.81. The number of methoxy groups -OCH3 is 1. The number of hydrogen-bond acceptors (Lipinski definition) is 2. The molecule has 3 heteroatoms. The van der Waals surface area contributed by atoms with E-state index < -0.39 is 0 Å². The molecule has 0 atom stereocenters. The Labute approximate surface area is 189 Å². The summed E-state index contributed by atoms with van der Waals surface area (Å²) in [7, 11) is 1.56. The molecule has 32 heavy (non-hydrogen) atoms. The number of aromatic hydroxyl groups is 1. The fourth-order valence-electron chi connectivity index (χ4n) is 3.81. The van der Waals surface area contributed by atoms with E-state index in [1.807, 2.05) is 12.1 Å². The molecule has 0 fully saturated rings. The molecule has 1 aromatic heterocycles. The van der Waals surface area contributed by atoms with E-state index >= 15 is 0 Å². The number of phenols is 1. The summed E-state index contributed by atoms with van der Waals surface area (Å²) in [6.45, 7) is 0.886. The number of rotatable bonds is 9.